The molecule has 27 atom stereocenters. The van der Waals surface area contributed by atoms with Crippen molar-refractivity contribution in [1.29, 1.82) is 0 Å². The van der Waals surface area contributed by atoms with Gasteiger partial charge in [0.05, 0.1) is 38.1 Å². The Morgan fingerprint density at radius 2 is 1.25 bits per heavy atom. The second-order valence-corrected chi connectivity index (χ2v) is 25.5. The quantitative estimate of drug-likeness (QED) is 0.0767. The summed E-state index contributed by atoms with van der Waals surface area (Å²) in [6.45, 7) is 15.8. The minimum absolute atomic E-state index is 0.161. The van der Waals surface area contributed by atoms with Crippen LogP contribution in [-0.4, -0.2) is 210 Å². The number of allylic oxidation sites excluding steroid dienone is 2. The van der Waals surface area contributed by atoms with Gasteiger partial charge in [-0.2, -0.15) is 0 Å². The largest absolute Gasteiger partial charge is 0.432 e. The summed E-state index contributed by atoms with van der Waals surface area (Å²) < 4.78 is 47.5. The van der Waals surface area contributed by atoms with E-state index in [4.69, 9.17) is 37.9 Å². The average molecular weight is 1050 g/mol. The van der Waals surface area contributed by atoms with Gasteiger partial charge in [0, 0.05) is 0 Å². The molecule has 0 amide bonds. The number of aliphatic hydroxyl groups excluding tert-OH is 12. The molecule has 21 nitrogen and oxygen atoms in total. The molecule has 0 aromatic heterocycles. The molecule has 0 radical (unpaired) electrons. The molecule has 4 saturated carbocycles. The summed E-state index contributed by atoms with van der Waals surface area (Å²) in [4.78, 5) is 15.3. The van der Waals surface area contributed by atoms with Crippen LogP contribution in [-0.2, 0) is 42.7 Å². The van der Waals surface area contributed by atoms with Crippen LogP contribution in [0, 0.1) is 50.2 Å². The number of carbonyl (C=O) groups excluding carboxylic acids is 1. The second-order valence-electron chi connectivity index (χ2n) is 25.5. The molecule has 21 heteroatoms. The summed E-state index contributed by atoms with van der Waals surface area (Å²) in [6.07, 6.45) is -21.0. The summed E-state index contributed by atoms with van der Waals surface area (Å²) in [5.41, 5.74) is -2.04. The molecule has 0 bridgehead atoms. The van der Waals surface area contributed by atoms with Gasteiger partial charge >= 0.3 is 5.97 Å². The molecule has 4 saturated heterocycles. The van der Waals surface area contributed by atoms with E-state index >= 15 is 4.79 Å². The minimum atomic E-state index is -1.87. The molecule has 4 aliphatic heterocycles. The van der Waals surface area contributed by atoms with Gasteiger partial charge in [-0.15, -0.1) is 0 Å². The number of esters is 1. The van der Waals surface area contributed by atoms with E-state index in [1.165, 1.54) is 6.92 Å². The molecule has 5 aliphatic carbocycles. The third-order valence-corrected chi connectivity index (χ3v) is 20.6. The molecular weight excluding hydrogens is 961 g/mol. The molecule has 9 aliphatic rings. The van der Waals surface area contributed by atoms with Crippen LogP contribution >= 0.6 is 0 Å². The topological polar surface area (TPSA) is 334 Å². The van der Waals surface area contributed by atoms with E-state index in [-0.39, 0.29) is 53.6 Å². The van der Waals surface area contributed by atoms with E-state index in [0.717, 1.165) is 31.3 Å². The van der Waals surface area contributed by atoms with Crippen LogP contribution in [0.1, 0.15) is 113 Å². The SMILES string of the molecule is C[C@@H]1O[C@@H](O[C@H]2[C@H](OC(=O)[C@]34CCC(C)(C)C[C@H]3C3=CC[C@@H]5[C@@]6(C)CC[C@H](O[C@@H]7O[C@H](CO)[C@@H](O)[C@H](O)[C@H]7O)C(C)(C)[C@@H]6CC[C@@]5(C)[C@]3(C)C[C@H]4O)OC[C@H](O)[C@@H]2O)[C@H](O)[C@H](O)[C@H]1O[C@@H]1OC[C@@H](O)[C@H](O)[C@H]1O. The Kier molecular flexibility index (Phi) is 15.4. The van der Waals surface area contributed by atoms with E-state index in [9.17, 15) is 61.3 Å². The lowest BCUT2D eigenvalue weighted by molar-refractivity contribution is -0.369. The second kappa shape index (κ2) is 20.0. The van der Waals surface area contributed by atoms with Crippen LogP contribution in [0.5, 0.6) is 0 Å². The van der Waals surface area contributed by atoms with Gasteiger partial charge in [-0.3, -0.25) is 4.79 Å². The first kappa shape index (κ1) is 56.2. The molecule has 0 aromatic rings. The van der Waals surface area contributed by atoms with Crippen molar-refractivity contribution < 1.29 is 104 Å². The number of fused-ring (bicyclic) bond motifs is 7. The third-order valence-electron chi connectivity index (χ3n) is 20.6. The number of rotatable bonds is 9. The van der Waals surface area contributed by atoms with Crippen LogP contribution in [0.2, 0.25) is 0 Å². The lowest BCUT2D eigenvalue weighted by Gasteiger charge is -2.71. The maximum absolute atomic E-state index is 15.3. The highest BCUT2D eigenvalue weighted by atomic mass is 16.8. The summed E-state index contributed by atoms with van der Waals surface area (Å²) in [7, 11) is 0. The summed E-state index contributed by atoms with van der Waals surface area (Å²) in [5, 5.41) is 130. The zero-order valence-electron chi connectivity index (χ0n) is 43.4. The van der Waals surface area contributed by atoms with Gasteiger partial charge in [0.2, 0.25) is 6.29 Å². The van der Waals surface area contributed by atoms with Crippen LogP contribution in [0.3, 0.4) is 0 Å². The molecule has 4 heterocycles. The van der Waals surface area contributed by atoms with Crippen molar-refractivity contribution in [3.05, 3.63) is 11.6 Å². The van der Waals surface area contributed by atoms with E-state index in [1.807, 2.05) is 0 Å². The predicted molar refractivity (Wildman–Crippen MR) is 251 cm³/mol. The number of aliphatic hydroxyl groups is 12. The molecular formula is C52H84O21. The van der Waals surface area contributed by atoms with Crippen molar-refractivity contribution in [3.8, 4) is 0 Å². The normalized spacial score (nSPS) is 54.7. The first-order chi connectivity index (χ1) is 34.1. The number of hydrogen-bond acceptors (Lipinski definition) is 21. The molecule has 0 unspecified atom stereocenters. The Balaban J connectivity index is 0.944. The Hall–Kier alpha value is -1.55. The molecule has 12 N–H and O–H groups in total. The van der Waals surface area contributed by atoms with Crippen molar-refractivity contribution in [1.82, 2.24) is 0 Å². The predicted octanol–water partition coefficient (Wildman–Crippen LogP) is -0.759. The van der Waals surface area contributed by atoms with E-state index < -0.39 is 158 Å². The highest BCUT2D eigenvalue weighted by Crippen LogP contribution is 2.76. The number of carbonyl (C=O) groups is 1. The lowest BCUT2D eigenvalue weighted by Crippen LogP contribution is -2.68. The fraction of sp³-hybridized carbons (Fsp3) is 0.942. The molecule has 73 heavy (non-hydrogen) atoms. The molecule has 418 valence electrons. The Labute approximate surface area is 426 Å². The fourth-order valence-corrected chi connectivity index (χ4v) is 16.0. The van der Waals surface area contributed by atoms with Gasteiger partial charge < -0.3 is 99.2 Å². The van der Waals surface area contributed by atoms with E-state index in [0.29, 0.717) is 19.3 Å². The maximum Gasteiger partial charge on any atom is 0.317 e. The van der Waals surface area contributed by atoms with Crippen LogP contribution in [0.15, 0.2) is 11.6 Å². The van der Waals surface area contributed by atoms with Gasteiger partial charge in [0.15, 0.2) is 25.0 Å². The van der Waals surface area contributed by atoms with Crippen molar-refractivity contribution in [2.75, 3.05) is 19.8 Å². The number of hydrogen-bond donors (Lipinski definition) is 12. The zero-order chi connectivity index (χ0) is 53.3. The molecule has 8 fully saturated rings. The van der Waals surface area contributed by atoms with E-state index in [1.54, 1.807) is 0 Å². The highest BCUT2D eigenvalue weighted by Gasteiger charge is 2.72. The highest BCUT2D eigenvalue weighted by molar-refractivity contribution is 5.80. The first-order valence-electron chi connectivity index (χ1n) is 26.6. The third kappa shape index (κ3) is 9.01. The Morgan fingerprint density at radius 1 is 0.630 bits per heavy atom. The molecule has 0 aromatic carbocycles. The van der Waals surface area contributed by atoms with Crippen LogP contribution in [0.25, 0.3) is 0 Å². The summed E-state index contributed by atoms with van der Waals surface area (Å²) in [6, 6.07) is 0. The van der Waals surface area contributed by atoms with Gasteiger partial charge in [-0.05, 0) is 110 Å². The summed E-state index contributed by atoms with van der Waals surface area (Å²) in [5.74, 6) is -0.878. The van der Waals surface area contributed by atoms with Crippen LogP contribution < -0.4 is 0 Å². The van der Waals surface area contributed by atoms with Crippen molar-refractivity contribution in [2.45, 2.75) is 236 Å². The summed E-state index contributed by atoms with van der Waals surface area (Å²) >= 11 is 0. The van der Waals surface area contributed by atoms with Crippen LogP contribution in [0.4, 0.5) is 0 Å². The Bertz CT molecular complexity index is 2020. The number of ether oxygens (including phenoxy) is 8. The Morgan fingerprint density at radius 3 is 1.93 bits per heavy atom. The van der Waals surface area contributed by atoms with Gasteiger partial charge in [-0.1, -0.05) is 60.1 Å². The fourth-order valence-electron chi connectivity index (χ4n) is 16.0. The lowest BCUT2D eigenvalue weighted by atomic mass is 9.33. The average Bonchev–Trinajstić information content (AvgIpc) is 3.32. The van der Waals surface area contributed by atoms with Gasteiger partial charge in [0.25, 0.3) is 0 Å². The van der Waals surface area contributed by atoms with Crippen molar-refractivity contribution in [2.24, 2.45) is 50.2 Å². The standard InChI is InChI=1S/C52H84O21/c1-22-40(71-42-37(62)32(57)25(54)20-66-42)36(61)39(64)43(68-22)72-41-33(58)26(55)21-67-45(41)73-46(65)52-16-15-47(2,3)17-24(52)23-9-10-29-49(6)13-12-31(70-44-38(63)35(60)34(59)27(19-53)69-44)48(4,5)28(49)11-14-50(29,7)51(23,8)18-30(52)56/h9,22,24-45,53-64H,10-21H2,1-8H3/t22-,24-,25+,26-,27+,28-,29+,30+,31-,32-,33-,34+,35-,36-,37+,38+,39+,40-,41+,42-,43-,44-,45-,49-,50+,51+,52+/m0/s1. The van der Waals surface area contributed by atoms with E-state index in [2.05, 4.69) is 54.5 Å². The van der Waals surface area contributed by atoms with Gasteiger partial charge in [0.1, 0.15) is 78.7 Å². The van der Waals surface area contributed by atoms with Crippen molar-refractivity contribution in [3.63, 3.8) is 0 Å². The molecule has 0 spiro atoms. The smallest absolute Gasteiger partial charge is 0.317 e. The van der Waals surface area contributed by atoms with Crippen molar-refractivity contribution >= 4 is 5.97 Å². The van der Waals surface area contributed by atoms with Gasteiger partial charge in [-0.25, -0.2) is 0 Å². The zero-order valence-corrected chi connectivity index (χ0v) is 43.4. The minimum Gasteiger partial charge on any atom is -0.432 e. The monoisotopic (exact) mass is 1040 g/mol. The maximum atomic E-state index is 15.3. The molecule has 9 rings (SSSR count). The first-order valence-corrected chi connectivity index (χ1v) is 26.6.